The van der Waals surface area contributed by atoms with Gasteiger partial charge in [0, 0.05) is 17.1 Å². The quantitative estimate of drug-likeness (QED) is 0.325. The van der Waals surface area contributed by atoms with Crippen molar-refractivity contribution in [2.75, 3.05) is 27.2 Å². The van der Waals surface area contributed by atoms with E-state index >= 15 is 0 Å². The summed E-state index contributed by atoms with van der Waals surface area (Å²) in [5.74, 6) is -5.27. The number of likely N-dealkylation sites (N-methyl/N-ethyl adjacent to an activating group) is 1. The number of carbonyl (C=O) groups is 3. The summed E-state index contributed by atoms with van der Waals surface area (Å²) in [4.78, 5) is 43.4. The van der Waals surface area contributed by atoms with Crippen molar-refractivity contribution in [1.82, 2.24) is 9.80 Å². The van der Waals surface area contributed by atoms with Gasteiger partial charge in [0.15, 0.2) is 11.4 Å². The number of piperidine rings is 1. The molecule has 1 saturated heterocycles. The first-order chi connectivity index (χ1) is 20.4. The molecule has 1 aromatic heterocycles. The lowest BCUT2D eigenvalue weighted by Crippen LogP contribution is -2.65. The largest absolute Gasteiger partial charge is 0.508 e. The maximum absolute atomic E-state index is 14.1. The van der Waals surface area contributed by atoms with Crippen LogP contribution in [0.15, 0.2) is 45.8 Å². The number of carbonyl (C=O) groups excluding carboxylic acids is 3. The van der Waals surface area contributed by atoms with E-state index in [1.165, 1.54) is 11.0 Å². The minimum atomic E-state index is -2.67. The molecular formula is C32H37N3O8. The van der Waals surface area contributed by atoms with Crippen LogP contribution < -0.4 is 5.73 Å². The molecule has 0 spiro atoms. The van der Waals surface area contributed by atoms with E-state index in [1.807, 2.05) is 6.07 Å². The van der Waals surface area contributed by atoms with Crippen LogP contribution in [0.4, 0.5) is 0 Å². The molecule has 2 fully saturated rings. The smallest absolute Gasteiger partial charge is 0.255 e. The minimum Gasteiger partial charge on any atom is -0.508 e. The third-order valence-corrected chi connectivity index (χ3v) is 9.88. The Hall–Kier alpha value is -3.93. The van der Waals surface area contributed by atoms with Crippen LogP contribution in [-0.2, 0) is 27.3 Å². The summed E-state index contributed by atoms with van der Waals surface area (Å²) >= 11 is 0. The first-order valence-electron chi connectivity index (χ1n) is 14.6. The van der Waals surface area contributed by atoms with Crippen molar-refractivity contribution in [3.63, 3.8) is 0 Å². The van der Waals surface area contributed by atoms with E-state index in [0.717, 1.165) is 42.8 Å². The number of nitrogens with two attached hydrogens (primary N) is 1. The topological polar surface area (TPSA) is 178 Å². The zero-order chi connectivity index (χ0) is 31.0. The fourth-order valence-corrected chi connectivity index (χ4v) is 7.62. The van der Waals surface area contributed by atoms with Gasteiger partial charge in [-0.25, -0.2) is 0 Å². The molecule has 1 aromatic carbocycles. The zero-order valence-corrected chi connectivity index (χ0v) is 24.5. The number of phenolic OH excluding ortho intramolecular Hbond substituents is 1. The molecule has 4 atom stereocenters. The molecule has 0 unspecified atom stereocenters. The van der Waals surface area contributed by atoms with Gasteiger partial charge in [-0.1, -0.05) is 13.0 Å². The first-order valence-corrected chi connectivity index (χ1v) is 14.6. The average molecular weight is 592 g/mol. The highest BCUT2D eigenvalue weighted by atomic mass is 16.3. The molecule has 0 bridgehead atoms. The van der Waals surface area contributed by atoms with E-state index in [0.29, 0.717) is 18.0 Å². The molecule has 4 aliphatic rings. The number of furan rings is 1. The van der Waals surface area contributed by atoms with Crippen molar-refractivity contribution < 1.29 is 39.2 Å². The number of nitrogens with zero attached hydrogens (tertiary/aromatic N) is 2. The van der Waals surface area contributed by atoms with Gasteiger partial charge in [-0.05, 0) is 88.0 Å². The molecule has 6 N–H and O–H groups in total. The molecule has 2 aromatic rings. The van der Waals surface area contributed by atoms with Gasteiger partial charge in [-0.15, -0.1) is 0 Å². The van der Waals surface area contributed by atoms with Crippen molar-refractivity contribution in [1.29, 1.82) is 0 Å². The van der Waals surface area contributed by atoms with E-state index in [2.05, 4.69) is 11.8 Å². The summed E-state index contributed by atoms with van der Waals surface area (Å²) in [6.07, 6.45) is 4.08. The second-order valence-electron chi connectivity index (χ2n) is 12.7. The summed E-state index contributed by atoms with van der Waals surface area (Å²) in [5.41, 5.74) is 3.96. The summed E-state index contributed by atoms with van der Waals surface area (Å²) in [6.45, 7) is 4.78. The fourth-order valence-electron chi connectivity index (χ4n) is 7.62. The minimum absolute atomic E-state index is 0.0328. The second-order valence-corrected chi connectivity index (χ2v) is 12.7. The van der Waals surface area contributed by atoms with Crippen LogP contribution in [0, 0.1) is 17.8 Å². The predicted molar refractivity (Wildman–Crippen MR) is 156 cm³/mol. The monoisotopic (exact) mass is 591 g/mol. The summed E-state index contributed by atoms with van der Waals surface area (Å²) in [6, 6.07) is 3.93. The van der Waals surface area contributed by atoms with E-state index < -0.39 is 58.0 Å². The van der Waals surface area contributed by atoms with Crippen molar-refractivity contribution in [2.45, 2.75) is 50.8 Å². The standard InChI is InChI=1S/C32H37N3O8/c1-15-6-9-35(10-7-15)14-22-18(8-11-43-22)17-4-5-21(36)24-19(17)12-16-13-20-26(34(2)3)28(38)25(31(33)41)30(40)32(20,42)29(39)23(16)27(24)37/h4-5,8,11,15-16,20,26,36-37,40,42H,6-7,9-10,12-14H2,1-3H3,(H2,33,41)/t16-,20-,26-,32-/m0/s1. The summed E-state index contributed by atoms with van der Waals surface area (Å²) in [7, 11) is 3.15. The number of aliphatic hydroxyl groups is 3. The maximum atomic E-state index is 14.1. The lowest BCUT2D eigenvalue weighted by Gasteiger charge is -2.50. The van der Waals surface area contributed by atoms with E-state index in [1.54, 1.807) is 26.4 Å². The van der Waals surface area contributed by atoms with E-state index in [9.17, 15) is 34.8 Å². The molecule has 11 nitrogen and oxygen atoms in total. The van der Waals surface area contributed by atoms with E-state index in [-0.39, 0.29) is 29.7 Å². The number of aromatic hydroxyl groups is 1. The number of benzene rings is 1. The number of ketones is 2. The number of primary amides is 1. The highest BCUT2D eigenvalue weighted by Gasteiger charge is 2.64. The summed E-state index contributed by atoms with van der Waals surface area (Å²) in [5, 5.41) is 45.3. The van der Waals surface area contributed by atoms with Crippen molar-refractivity contribution >= 4 is 23.2 Å². The van der Waals surface area contributed by atoms with Crippen LogP contribution in [0.5, 0.6) is 5.75 Å². The van der Waals surface area contributed by atoms with Gasteiger partial charge < -0.3 is 30.6 Å². The number of fused-ring (bicyclic) bond motifs is 3. The number of phenols is 1. The third-order valence-electron chi connectivity index (χ3n) is 9.88. The van der Waals surface area contributed by atoms with Crippen molar-refractivity contribution in [2.24, 2.45) is 23.5 Å². The molecule has 3 aliphatic carbocycles. The average Bonchev–Trinajstić information content (AvgIpc) is 3.39. The normalized spacial score (nSPS) is 28.3. The number of likely N-dealkylation sites (tertiary alicyclic amines) is 1. The van der Waals surface area contributed by atoms with Crippen LogP contribution in [0.25, 0.3) is 16.9 Å². The Labute approximate surface area is 248 Å². The van der Waals surface area contributed by atoms with Crippen LogP contribution in [-0.4, -0.2) is 86.5 Å². The molecule has 11 heteroatoms. The molecule has 1 saturated carbocycles. The number of hydrogen-bond acceptors (Lipinski definition) is 10. The molecule has 228 valence electrons. The predicted octanol–water partition coefficient (Wildman–Crippen LogP) is 2.46. The number of aliphatic hydroxyl groups excluding tert-OH is 2. The van der Waals surface area contributed by atoms with E-state index in [4.69, 9.17) is 10.2 Å². The molecule has 1 aliphatic heterocycles. The Kier molecular flexibility index (Phi) is 7.02. The molecule has 43 heavy (non-hydrogen) atoms. The van der Waals surface area contributed by atoms with Crippen LogP contribution in [0.3, 0.4) is 0 Å². The van der Waals surface area contributed by atoms with Crippen LogP contribution in [0.2, 0.25) is 0 Å². The Balaban J connectivity index is 1.46. The highest BCUT2D eigenvalue weighted by Crippen LogP contribution is 2.53. The Morgan fingerprint density at radius 2 is 1.81 bits per heavy atom. The van der Waals surface area contributed by atoms with Gasteiger partial charge in [0.2, 0.25) is 5.78 Å². The number of rotatable bonds is 5. The SMILES string of the molecule is CC1CCN(Cc2occc2-c2ccc(O)c3c2C[C@H]2C[C@H]4[C@H](N(C)C)C(=O)C(C(N)=O)=C(O)[C@@]4(O)C(=O)C2=C3O)CC1. The Morgan fingerprint density at radius 1 is 1.12 bits per heavy atom. The first kappa shape index (κ1) is 29.2. The third kappa shape index (κ3) is 4.32. The van der Waals surface area contributed by atoms with Gasteiger partial charge in [-0.3, -0.25) is 24.2 Å². The van der Waals surface area contributed by atoms with Gasteiger partial charge in [0.1, 0.15) is 28.6 Å². The van der Waals surface area contributed by atoms with Crippen molar-refractivity contribution in [3.8, 4) is 16.9 Å². The molecule has 6 rings (SSSR count). The zero-order valence-electron chi connectivity index (χ0n) is 24.5. The Morgan fingerprint density at radius 3 is 2.47 bits per heavy atom. The number of Topliss-reactive ketones (excluding diaryl/α,β-unsaturated/α-hetero) is 2. The van der Waals surface area contributed by atoms with Gasteiger partial charge in [0.05, 0.1) is 24.4 Å². The summed E-state index contributed by atoms with van der Waals surface area (Å²) < 4.78 is 5.92. The fraction of sp³-hybridized carbons (Fsp3) is 0.469. The van der Waals surface area contributed by atoms with Crippen LogP contribution in [0.1, 0.15) is 43.1 Å². The van der Waals surface area contributed by atoms with Crippen LogP contribution >= 0.6 is 0 Å². The number of amides is 1. The van der Waals surface area contributed by atoms with Gasteiger partial charge in [0.25, 0.3) is 5.91 Å². The lowest BCUT2D eigenvalue weighted by molar-refractivity contribution is -0.153. The Bertz CT molecular complexity index is 1600. The maximum Gasteiger partial charge on any atom is 0.255 e. The second kappa shape index (κ2) is 10.4. The molecular weight excluding hydrogens is 554 g/mol. The van der Waals surface area contributed by atoms with Gasteiger partial charge >= 0.3 is 0 Å². The molecule has 2 heterocycles. The lowest BCUT2D eigenvalue weighted by atomic mass is 9.57. The van der Waals surface area contributed by atoms with Gasteiger partial charge in [-0.2, -0.15) is 0 Å². The number of hydrogen-bond donors (Lipinski definition) is 5. The molecule has 1 amide bonds. The van der Waals surface area contributed by atoms with Crippen molar-refractivity contribution in [3.05, 3.63) is 58.3 Å². The molecule has 0 radical (unpaired) electrons. The highest BCUT2D eigenvalue weighted by molar-refractivity contribution is 6.24.